The van der Waals surface area contributed by atoms with Gasteiger partial charge in [0.05, 0.1) is 6.73 Å². The lowest BCUT2D eigenvalue weighted by atomic mass is 10.3. The molecule has 0 radical (unpaired) electrons. The molecule has 0 saturated heterocycles. The molecule has 0 aromatic heterocycles. The third-order valence-electron chi connectivity index (χ3n) is 1.71. The van der Waals surface area contributed by atoms with Gasteiger partial charge < -0.3 is 5.11 Å². The molecule has 0 rings (SSSR count). The van der Waals surface area contributed by atoms with E-state index in [0.717, 1.165) is 6.54 Å². The van der Waals surface area contributed by atoms with Crippen LogP contribution < -0.4 is 0 Å². The summed E-state index contributed by atoms with van der Waals surface area (Å²) in [6.07, 6.45) is 2.38. The monoisotopic (exact) mass is 145 g/mol. The molecule has 0 amide bonds. The van der Waals surface area contributed by atoms with Crippen LogP contribution in [0.25, 0.3) is 0 Å². The molecule has 2 nitrogen and oxygen atoms in total. The Bertz CT molecular complexity index is 73.7. The second-order valence-electron chi connectivity index (χ2n) is 2.90. The van der Waals surface area contributed by atoms with Crippen LogP contribution in [0.2, 0.25) is 0 Å². The molecular formula is C8H19NO. The Morgan fingerprint density at radius 1 is 1.40 bits per heavy atom. The number of hydrogen-bond donors (Lipinski definition) is 1. The summed E-state index contributed by atoms with van der Waals surface area (Å²) in [6, 6.07) is 0.469. The molecule has 0 aromatic carbocycles. The fourth-order valence-corrected chi connectivity index (χ4v) is 0.853. The zero-order chi connectivity index (χ0) is 7.98. The van der Waals surface area contributed by atoms with Crippen molar-refractivity contribution in [3.63, 3.8) is 0 Å². The van der Waals surface area contributed by atoms with Crippen molar-refractivity contribution in [3.8, 4) is 0 Å². The number of nitrogens with zero attached hydrogens (tertiary/aromatic N) is 1. The van der Waals surface area contributed by atoms with Crippen molar-refractivity contribution in [2.75, 3.05) is 13.3 Å². The van der Waals surface area contributed by atoms with Gasteiger partial charge in [-0.15, -0.1) is 0 Å². The topological polar surface area (TPSA) is 23.5 Å². The Hall–Kier alpha value is -0.0800. The lowest BCUT2D eigenvalue weighted by Gasteiger charge is -2.23. The summed E-state index contributed by atoms with van der Waals surface area (Å²) < 4.78 is 0. The predicted molar refractivity (Wildman–Crippen MR) is 43.8 cm³/mol. The van der Waals surface area contributed by atoms with Crippen LogP contribution in [-0.2, 0) is 0 Å². The minimum atomic E-state index is 0.192. The van der Waals surface area contributed by atoms with Crippen LogP contribution in [0.5, 0.6) is 0 Å². The minimum absolute atomic E-state index is 0.192. The van der Waals surface area contributed by atoms with Gasteiger partial charge >= 0.3 is 0 Å². The average Bonchev–Trinajstić information content (AvgIpc) is 1.89. The predicted octanol–water partition coefficient (Wildman–Crippen LogP) is 1.45. The van der Waals surface area contributed by atoms with Crippen molar-refractivity contribution in [2.45, 2.75) is 39.7 Å². The molecule has 0 atom stereocenters. The highest BCUT2D eigenvalue weighted by atomic mass is 16.3. The Morgan fingerprint density at radius 3 is 2.30 bits per heavy atom. The number of unbranched alkanes of at least 4 members (excludes halogenated alkanes) is 1. The van der Waals surface area contributed by atoms with E-state index < -0.39 is 0 Å². The van der Waals surface area contributed by atoms with Gasteiger partial charge in [-0.1, -0.05) is 13.3 Å². The highest BCUT2D eigenvalue weighted by Crippen LogP contribution is 1.98. The molecule has 0 unspecified atom stereocenters. The molecular weight excluding hydrogens is 126 g/mol. The first-order valence-corrected chi connectivity index (χ1v) is 4.07. The lowest BCUT2D eigenvalue weighted by Crippen LogP contribution is -2.32. The fraction of sp³-hybridized carbons (Fsp3) is 1.00. The molecule has 0 saturated carbocycles. The summed E-state index contributed by atoms with van der Waals surface area (Å²) >= 11 is 0. The highest BCUT2D eigenvalue weighted by molar-refractivity contribution is 4.57. The SMILES string of the molecule is CCCCN(CO)C(C)C. The molecule has 62 valence electrons. The molecule has 2 heteroatoms. The Kier molecular flexibility index (Phi) is 5.64. The third kappa shape index (κ3) is 3.85. The van der Waals surface area contributed by atoms with Crippen molar-refractivity contribution in [1.82, 2.24) is 4.90 Å². The molecule has 10 heavy (non-hydrogen) atoms. The second kappa shape index (κ2) is 5.69. The summed E-state index contributed by atoms with van der Waals surface area (Å²) in [5, 5.41) is 8.85. The maximum Gasteiger partial charge on any atom is 0.0958 e. The highest BCUT2D eigenvalue weighted by Gasteiger charge is 2.05. The Morgan fingerprint density at radius 2 is 2.00 bits per heavy atom. The van der Waals surface area contributed by atoms with Crippen molar-refractivity contribution in [2.24, 2.45) is 0 Å². The fourth-order valence-electron chi connectivity index (χ4n) is 0.853. The minimum Gasteiger partial charge on any atom is -0.381 e. The molecule has 0 aliphatic carbocycles. The van der Waals surface area contributed by atoms with Gasteiger partial charge in [-0.2, -0.15) is 0 Å². The maximum atomic E-state index is 8.85. The summed E-state index contributed by atoms with van der Waals surface area (Å²) in [6.45, 7) is 7.58. The molecule has 0 bridgehead atoms. The number of rotatable bonds is 5. The smallest absolute Gasteiger partial charge is 0.0958 e. The van der Waals surface area contributed by atoms with Crippen molar-refractivity contribution in [1.29, 1.82) is 0 Å². The van der Waals surface area contributed by atoms with Crippen LogP contribution in [0, 0.1) is 0 Å². The van der Waals surface area contributed by atoms with Gasteiger partial charge in [0.25, 0.3) is 0 Å². The van der Waals surface area contributed by atoms with Gasteiger partial charge in [0.15, 0.2) is 0 Å². The van der Waals surface area contributed by atoms with E-state index in [1.54, 1.807) is 0 Å². The van der Waals surface area contributed by atoms with Gasteiger partial charge in [0.1, 0.15) is 0 Å². The second-order valence-corrected chi connectivity index (χ2v) is 2.90. The summed E-state index contributed by atoms with van der Waals surface area (Å²) in [7, 11) is 0. The summed E-state index contributed by atoms with van der Waals surface area (Å²) in [5.41, 5.74) is 0. The zero-order valence-corrected chi connectivity index (χ0v) is 7.30. The maximum absolute atomic E-state index is 8.85. The van der Waals surface area contributed by atoms with Gasteiger partial charge in [-0.3, -0.25) is 4.90 Å². The first-order valence-electron chi connectivity index (χ1n) is 4.07. The summed E-state index contributed by atoms with van der Waals surface area (Å²) in [5.74, 6) is 0. The van der Waals surface area contributed by atoms with Gasteiger partial charge in [0.2, 0.25) is 0 Å². The number of hydrogen-bond acceptors (Lipinski definition) is 2. The van der Waals surface area contributed by atoms with E-state index in [0.29, 0.717) is 6.04 Å². The van der Waals surface area contributed by atoms with Gasteiger partial charge in [0, 0.05) is 12.6 Å². The third-order valence-corrected chi connectivity index (χ3v) is 1.71. The van der Waals surface area contributed by atoms with Crippen LogP contribution in [-0.4, -0.2) is 29.3 Å². The molecule has 0 heterocycles. The van der Waals surface area contributed by atoms with E-state index in [1.165, 1.54) is 12.8 Å². The van der Waals surface area contributed by atoms with E-state index in [-0.39, 0.29) is 6.73 Å². The van der Waals surface area contributed by atoms with Crippen LogP contribution in [0.4, 0.5) is 0 Å². The number of aliphatic hydroxyl groups excluding tert-OH is 1. The summed E-state index contributed by atoms with van der Waals surface area (Å²) in [4.78, 5) is 2.06. The molecule has 1 N–H and O–H groups in total. The van der Waals surface area contributed by atoms with Gasteiger partial charge in [-0.05, 0) is 20.3 Å². The van der Waals surface area contributed by atoms with Crippen molar-refractivity contribution < 1.29 is 5.11 Å². The molecule has 0 aromatic rings. The van der Waals surface area contributed by atoms with E-state index in [9.17, 15) is 0 Å². The standard InChI is InChI=1S/C8H19NO/c1-4-5-6-9(7-10)8(2)3/h8,10H,4-7H2,1-3H3. The molecule has 0 spiro atoms. The number of aliphatic hydroxyl groups is 1. The quantitative estimate of drug-likeness (QED) is 0.592. The van der Waals surface area contributed by atoms with E-state index >= 15 is 0 Å². The van der Waals surface area contributed by atoms with E-state index in [4.69, 9.17) is 5.11 Å². The van der Waals surface area contributed by atoms with E-state index in [1.807, 2.05) is 0 Å². The Balaban J connectivity index is 3.40. The van der Waals surface area contributed by atoms with Crippen LogP contribution in [0.15, 0.2) is 0 Å². The normalized spacial score (nSPS) is 11.4. The van der Waals surface area contributed by atoms with Gasteiger partial charge in [-0.25, -0.2) is 0 Å². The zero-order valence-electron chi connectivity index (χ0n) is 7.30. The largest absolute Gasteiger partial charge is 0.381 e. The Labute approximate surface area is 63.8 Å². The molecule has 0 aliphatic rings. The lowest BCUT2D eigenvalue weighted by molar-refractivity contribution is 0.0792. The first kappa shape index (κ1) is 9.92. The van der Waals surface area contributed by atoms with Crippen molar-refractivity contribution >= 4 is 0 Å². The van der Waals surface area contributed by atoms with Crippen LogP contribution >= 0.6 is 0 Å². The van der Waals surface area contributed by atoms with E-state index in [2.05, 4.69) is 25.7 Å². The van der Waals surface area contributed by atoms with Crippen LogP contribution in [0.1, 0.15) is 33.6 Å². The molecule has 0 aliphatic heterocycles. The van der Waals surface area contributed by atoms with Crippen molar-refractivity contribution in [3.05, 3.63) is 0 Å². The van der Waals surface area contributed by atoms with Crippen LogP contribution in [0.3, 0.4) is 0 Å². The average molecular weight is 145 g/mol. The molecule has 0 fully saturated rings. The first-order chi connectivity index (χ1) is 4.72.